The number of nitrogens with one attached hydrogen (secondary N) is 1. The van der Waals surface area contributed by atoms with E-state index in [1.165, 1.54) is 5.46 Å². The van der Waals surface area contributed by atoms with Gasteiger partial charge in [-0.1, -0.05) is 48.3 Å². The van der Waals surface area contributed by atoms with Crippen LogP contribution in [0, 0.1) is 0 Å². The molecule has 0 atom stereocenters. The molecule has 4 nitrogen and oxygen atoms in total. The van der Waals surface area contributed by atoms with E-state index in [-0.39, 0.29) is 5.91 Å². The number of nitrogens with zero attached hydrogens (tertiary/aromatic N) is 2. The maximum Gasteiger partial charge on any atom is 0.270 e. The molecule has 1 amide bonds. The lowest BCUT2D eigenvalue weighted by atomic mass is 9.95. The van der Waals surface area contributed by atoms with E-state index in [4.69, 9.17) is 11.6 Å². The number of pyridine rings is 1. The molecule has 0 saturated heterocycles. The SMILES string of the molecule is Bc1ccc(CNC(=O)c2c(CC)nc3cc(Cl)ccn23)cc1. The Morgan fingerprint density at radius 3 is 2.74 bits per heavy atom. The van der Waals surface area contributed by atoms with Crippen molar-refractivity contribution in [1.82, 2.24) is 14.7 Å². The zero-order valence-electron chi connectivity index (χ0n) is 13.1. The van der Waals surface area contributed by atoms with E-state index in [2.05, 4.69) is 10.3 Å². The minimum atomic E-state index is -0.128. The third-order valence-corrected chi connectivity index (χ3v) is 4.02. The maximum absolute atomic E-state index is 12.6. The Labute approximate surface area is 140 Å². The van der Waals surface area contributed by atoms with Crippen molar-refractivity contribution in [3.63, 3.8) is 0 Å². The molecule has 0 unspecified atom stereocenters. The first-order valence-electron chi connectivity index (χ1n) is 7.58. The highest BCUT2D eigenvalue weighted by Crippen LogP contribution is 2.17. The summed E-state index contributed by atoms with van der Waals surface area (Å²) in [5, 5.41) is 3.58. The van der Waals surface area contributed by atoms with Gasteiger partial charge in [-0.05, 0) is 18.1 Å². The summed E-state index contributed by atoms with van der Waals surface area (Å²) in [6.07, 6.45) is 2.47. The van der Waals surface area contributed by atoms with E-state index in [0.717, 1.165) is 11.3 Å². The highest BCUT2D eigenvalue weighted by atomic mass is 35.5. The van der Waals surface area contributed by atoms with Gasteiger partial charge in [0.25, 0.3) is 5.91 Å². The lowest BCUT2D eigenvalue weighted by Crippen LogP contribution is -2.25. The molecule has 2 heterocycles. The van der Waals surface area contributed by atoms with Gasteiger partial charge in [0.1, 0.15) is 19.2 Å². The molecule has 0 aliphatic heterocycles. The van der Waals surface area contributed by atoms with Gasteiger partial charge in [0, 0.05) is 23.8 Å². The largest absolute Gasteiger partial charge is 0.347 e. The van der Waals surface area contributed by atoms with Crippen LogP contribution < -0.4 is 10.8 Å². The summed E-state index contributed by atoms with van der Waals surface area (Å²) in [7, 11) is 2.04. The van der Waals surface area contributed by atoms with Crippen molar-refractivity contribution in [3.8, 4) is 0 Å². The molecule has 0 aliphatic rings. The van der Waals surface area contributed by atoms with Crippen LogP contribution in [-0.4, -0.2) is 23.1 Å². The van der Waals surface area contributed by atoms with Gasteiger partial charge < -0.3 is 5.32 Å². The molecule has 0 fully saturated rings. The van der Waals surface area contributed by atoms with E-state index < -0.39 is 0 Å². The van der Waals surface area contributed by atoms with Gasteiger partial charge in [-0.25, -0.2) is 4.98 Å². The number of benzene rings is 1. The third-order valence-electron chi connectivity index (χ3n) is 3.78. The van der Waals surface area contributed by atoms with Crippen molar-refractivity contribution in [2.45, 2.75) is 19.9 Å². The first kappa shape index (κ1) is 15.6. The van der Waals surface area contributed by atoms with Gasteiger partial charge >= 0.3 is 0 Å². The van der Waals surface area contributed by atoms with Crippen molar-refractivity contribution in [3.05, 3.63) is 64.6 Å². The number of rotatable bonds is 4. The van der Waals surface area contributed by atoms with Crippen molar-refractivity contribution < 1.29 is 4.79 Å². The predicted octanol–water partition coefficient (Wildman–Crippen LogP) is 1.74. The van der Waals surface area contributed by atoms with E-state index in [9.17, 15) is 4.79 Å². The number of fused-ring (bicyclic) bond motifs is 1. The van der Waals surface area contributed by atoms with Gasteiger partial charge in [0.05, 0.1) is 5.69 Å². The van der Waals surface area contributed by atoms with Gasteiger partial charge in [-0.15, -0.1) is 0 Å². The van der Waals surface area contributed by atoms with Crippen LogP contribution in [0.5, 0.6) is 0 Å². The first-order chi connectivity index (χ1) is 11.1. The van der Waals surface area contributed by atoms with Gasteiger partial charge in [0.15, 0.2) is 0 Å². The van der Waals surface area contributed by atoms with Crippen LogP contribution in [0.15, 0.2) is 42.6 Å². The number of carbonyl (C=O) groups is 1. The minimum Gasteiger partial charge on any atom is -0.347 e. The molecule has 1 aromatic carbocycles. The minimum absolute atomic E-state index is 0.128. The summed E-state index contributed by atoms with van der Waals surface area (Å²) in [5.41, 5.74) is 4.31. The van der Waals surface area contributed by atoms with Gasteiger partial charge in [-0.2, -0.15) is 0 Å². The molecule has 0 radical (unpaired) electrons. The number of aromatic nitrogens is 2. The van der Waals surface area contributed by atoms with E-state index in [1.54, 1.807) is 22.7 Å². The van der Waals surface area contributed by atoms with Crippen LogP contribution in [0.1, 0.15) is 28.7 Å². The van der Waals surface area contributed by atoms with Crippen LogP contribution in [0.4, 0.5) is 0 Å². The molecule has 0 saturated carbocycles. The molecule has 116 valence electrons. The molecule has 3 rings (SSSR count). The van der Waals surface area contributed by atoms with Crippen molar-refractivity contribution in [1.29, 1.82) is 0 Å². The molecule has 1 N–H and O–H groups in total. The van der Waals surface area contributed by atoms with Crippen LogP contribution in [0.2, 0.25) is 5.02 Å². The second kappa shape index (κ2) is 6.46. The smallest absolute Gasteiger partial charge is 0.270 e. The number of imidazole rings is 1. The maximum atomic E-state index is 12.6. The lowest BCUT2D eigenvalue weighted by molar-refractivity contribution is 0.0944. The summed E-state index contributed by atoms with van der Waals surface area (Å²) >= 11 is 6.00. The zero-order valence-corrected chi connectivity index (χ0v) is 13.9. The molecule has 3 aromatic rings. The molecule has 0 spiro atoms. The first-order valence-corrected chi connectivity index (χ1v) is 7.96. The fourth-order valence-electron chi connectivity index (χ4n) is 2.53. The molecule has 0 aliphatic carbocycles. The van der Waals surface area contributed by atoms with Crippen molar-refractivity contribution in [2.24, 2.45) is 0 Å². The molecule has 23 heavy (non-hydrogen) atoms. The molecular weight excluding hydrogens is 308 g/mol. The van der Waals surface area contributed by atoms with E-state index in [1.807, 2.05) is 39.0 Å². The number of halogens is 1. The van der Waals surface area contributed by atoms with Crippen LogP contribution in [0.25, 0.3) is 5.65 Å². The summed E-state index contributed by atoms with van der Waals surface area (Å²) in [4.78, 5) is 17.1. The monoisotopic (exact) mass is 325 g/mol. The highest BCUT2D eigenvalue weighted by Gasteiger charge is 2.18. The highest BCUT2D eigenvalue weighted by molar-refractivity contribution is 6.32. The number of aryl methyl sites for hydroxylation is 1. The van der Waals surface area contributed by atoms with Gasteiger partial charge in [-0.3, -0.25) is 9.20 Å². The Morgan fingerprint density at radius 2 is 2.04 bits per heavy atom. The van der Waals surface area contributed by atoms with E-state index in [0.29, 0.717) is 29.3 Å². The summed E-state index contributed by atoms with van der Waals surface area (Å²) in [6.45, 7) is 2.48. The fourth-order valence-corrected chi connectivity index (χ4v) is 2.68. The molecule has 0 bridgehead atoms. The van der Waals surface area contributed by atoms with Crippen molar-refractivity contribution >= 4 is 36.5 Å². The fraction of sp³-hybridized carbons (Fsp3) is 0.176. The quantitative estimate of drug-likeness (QED) is 0.743. The normalized spacial score (nSPS) is 10.9. The predicted molar refractivity (Wildman–Crippen MR) is 95.4 cm³/mol. The standard InChI is InChI=1S/C17H17BClN3O/c1-2-14-16(22-8-7-13(19)9-15(22)21-14)17(23)20-10-11-3-5-12(18)6-4-11/h3-9H,2,10,18H2,1H3,(H,20,23). The number of hydrogen-bond acceptors (Lipinski definition) is 2. The van der Waals surface area contributed by atoms with Crippen LogP contribution >= 0.6 is 11.6 Å². The Hall–Kier alpha value is -2.27. The van der Waals surface area contributed by atoms with Crippen molar-refractivity contribution in [2.75, 3.05) is 0 Å². The third kappa shape index (κ3) is 3.25. The average molecular weight is 326 g/mol. The van der Waals surface area contributed by atoms with Crippen LogP contribution in [0.3, 0.4) is 0 Å². The van der Waals surface area contributed by atoms with Crippen LogP contribution in [-0.2, 0) is 13.0 Å². The second-order valence-corrected chi connectivity index (χ2v) is 5.94. The van der Waals surface area contributed by atoms with Gasteiger partial charge in [0.2, 0.25) is 0 Å². The number of amides is 1. The Balaban J connectivity index is 1.86. The summed E-state index contributed by atoms with van der Waals surface area (Å²) in [6, 6.07) is 11.6. The van der Waals surface area contributed by atoms with E-state index >= 15 is 0 Å². The Morgan fingerprint density at radius 1 is 1.30 bits per heavy atom. The Kier molecular flexibility index (Phi) is 4.39. The lowest BCUT2D eigenvalue weighted by Gasteiger charge is -2.07. The summed E-state index contributed by atoms with van der Waals surface area (Å²) < 4.78 is 1.79. The molecule has 6 heteroatoms. The number of hydrogen-bond donors (Lipinski definition) is 1. The number of carbonyl (C=O) groups excluding carboxylic acids is 1. The Bertz CT molecular complexity index is 858. The molecular formula is C17H17BClN3O. The summed E-state index contributed by atoms with van der Waals surface area (Å²) in [5.74, 6) is -0.128. The topological polar surface area (TPSA) is 46.4 Å². The second-order valence-electron chi connectivity index (χ2n) is 5.50. The average Bonchev–Trinajstić information content (AvgIpc) is 2.91. The molecule has 2 aromatic heterocycles. The zero-order chi connectivity index (χ0) is 16.4.